The fourth-order valence-electron chi connectivity index (χ4n) is 1.34. The van der Waals surface area contributed by atoms with E-state index in [1.165, 1.54) is 16.8 Å². The van der Waals surface area contributed by atoms with Gasteiger partial charge in [0.05, 0.1) is 11.1 Å². The van der Waals surface area contributed by atoms with Crippen molar-refractivity contribution in [2.24, 2.45) is 7.05 Å². The number of amides is 1. The summed E-state index contributed by atoms with van der Waals surface area (Å²) in [5.41, 5.74) is 0.239. The molecule has 7 heteroatoms. The molecule has 1 amide bonds. The fraction of sp³-hybridized carbons (Fsp3) is 0.500. The number of hydrogen-bond donors (Lipinski definition) is 0. The lowest BCUT2D eigenvalue weighted by molar-refractivity contribution is -0.384. The van der Waals surface area contributed by atoms with Crippen LogP contribution in [-0.4, -0.2) is 38.7 Å². The molecule has 0 radical (unpaired) electrons. The van der Waals surface area contributed by atoms with Crippen LogP contribution in [0.5, 0.6) is 0 Å². The summed E-state index contributed by atoms with van der Waals surface area (Å²) in [5.74, 6) is -0.229. The Labute approximate surface area is 107 Å². The molecule has 1 atom stereocenters. The second-order valence-corrected chi connectivity index (χ2v) is 4.52. The largest absolute Gasteiger partial charge is 0.340 e. The maximum Gasteiger partial charge on any atom is 0.287 e. The third-order valence-corrected chi connectivity index (χ3v) is 3.56. The summed E-state index contributed by atoms with van der Waals surface area (Å²) in [6.45, 7) is 1.89. The number of nitrogens with zero attached hydrogens (tertiary/aromatic N) is 3. The Morgan fingerprint density at radius 1 is 1.71 bits per heavy atom. The highest BCUT2D eigenvalue weighted by molar-refractivity contribution is 9.09. The number of aryl methyl sites for hydroxylation is 1. The number of alkyl halides is 1. The maximum absolute atomic E-state index is 12.1. The molecular formula is C10H14BrN3O3. The van der Waals surface area contributed by atoms with Gasteiger partial charge in [-0.15, -0.1) is 0 Å². The molecule has 94 valence electrons. The van der Waals surface area contributed by atoms with Crippen LogP contribution in [0.3, 0.4) is 0 Å². The Kier molecular flexibility index (Phi) is 4.28. The zero-order valence-corrected chi connectivity index (χ0v) is 11.5. The molecule has 0 aliphatic carbocycles. The van der Waals surface area contributed by atoms with Crippen molar-refractivity contribution < 1.29 is 9.72 Å². The molecule has 0 aromatic carbocycles. The summed E-state index contributed by atoms with van der Waals surface area (Å²) in [5, 5.41) is 11.3. The quantitative estimate of drug-likeness (QED) is 0.484. The first-order valence-electron chi connectivity index (χ1n) is 5.02. The minimum Gasteiger partial charge on any atom is -0.340 e. The van der Waals surface area contributed by atoms with Gasteiger partial charge in [-0.25, -0.2) is 0 Å². The Morgan fingerprint density at radius 2 is 2.29 bits per heavy atom. The van der Waals surface area contributed by atoms with Gasteiger partial charge in [-0.3, -0.25) is 14.9 Å². The maximum atomic E-state index is 12.1. The van der Waals surface area contributed by atoms with Crippen LogP contribution in [0, 0.1) is 10.1 Å². The molecular weight excluding hydrogens is 290 g/mol. The molecule has 0 aliphatic rings. The molecule has 1 aromatic rings. The van der Waals surface area contributed by atoms with E-state index in [0.717, 1.165) is 0 Å². The van der Waals surface area contributed by atoms with Gasteiger partial charge >= 0.3 is 0 Å². The number of rotatable bonds is 4. The first kappa shape index (κ1) is 13.7. The summed E-state index contributed by atoms with van der Waals surface area (Å²) in [7, 11) is 3.29. The first-order valence-corrected chi connectivity index (χ1v) is 6.14. The number of carbonyl (C=O) groups is 1. The van der Waals surface area contributed by atoms with E-state index in [-0.39, 0.29) is 17.6 Å². The van der Waals surface area contributed by atoms with Gasteiger partial charge in [-0.2, -0.15) is 0 Å². The molecule has 0 aliphatic heterocycles. The number of halogens is 1. The van der Waals surface area contributed by atoms with E-state index in [1.54, 1.807) is 19.0 Å². The molecule has 0 spiro atoms. The fourth-order valence-corrected chi connectivity index (χ4v) is 1.78. The minimum absolute atomic E-state index is 0.0245. The van der Waals surface area contributed by atoms with Gasteiger partial charge < -0.3 is 9.47 Å². The zero-order valence-electron chi connectivity index (χ0n) is 9.88. The lowest BCUT2D eigenvalue weighted by atomic mass is 10.3. The second kappa shape index (κ2) is 5.31. The normalized spacial score (nSPS) is 12.2. The van der Waals surface area contributed by atoms with Crippen LogP contribution >= 0.6 is 15.9 Å². The molecule has 0 N–H and O–H groups in total. The van der Waals surface area contributed by atoms with E-state index in [2.05, 4.69) is 15.9 Å². The third-order valence-electron chi connectivity index (χ3n) is 2.63. The van der Waals surface area contributed by atoms with Crippen molar-refractivity contribution in [2.45, 2.75) is 13.0 Å². The van der Waals surface area contributed by atoms with Crippen LogP contribution in [0.1, 0.15) is 17.4 Å². The van der Waals surface area contributed by atoms with Gasteiger partial charge in [0.1, 0.15) is 5.69 Å². The van der Waals surface area contributed by atoms with Crippen molar-refractivity contribution in [3.63, 3.8) is 0 Å². The van der Waals surface area contributed by atoms with Crippen LogP contribution in [-0.2, 0) is 7.05 Å². The number of hydrogen-bond acceptors (Lipinski definition) is 3. The van der Waals surface area contributed by atoms with E-state index in [0.29, 0.717) is 11.0 Å². The number of carbonyl (C=O) groups excluding carboxylic acids is 1. The predicted molar refractivity (Wildman–Crippen MR) is 67.4 cm³/mol. The molecule has 0 fully saturated rings. The van der Waals surface area contributed by atoms with E-state index in [1.807, 2.05) is 6.92 Å². The predicted octanol–water partition coefficient (Wildman–Crippen LogP) is 1.79. The lowest BCUT2D eigenvalue weighted by Crippen LogP contribution is -2.36. The molecule has 1 unspecified atom stereocenters. The summed E-state index contributed by atoms with van der Waals surface area (Å²) in [4.78, 5) is 23.7. The molecule has 1 aromatic heterocycles. The van der Waals surface area contributed by atoms with E-state index < -0.39 is 4.92 Å². The molecule has 1 heterocycles. The molecule has 0 saturated carbocycles. The van der Waals surface area contributed by atoms with E-state index in [4.69, 9.17) is 0 Å². The summed E-state index contributed by atoms with van der Waals surface area (Å²) in [6.07, 6.45) is 1.33. The average Bonchev–Trinajstić information content (AvgIpc) is 2.68. The van der Waals surface area contributed by atoms with Gasteiger partial charge in [0.2, 0.25) is 0 Å². The highest BCUT2D eigenvalue weighted by atomic mass is 79.9. The molecule has 0 bridgehead atoms. The van der Waals surface area contributed by atoms with Crippen molar-refractivity contribution in [2.75, 3.05) is 12.4 Å². The van der Waals surface area contributed by atoms with Crippen LogP contribution in [0.2, 0.25) is 0 Å². The van der Waals surface area contributed by atoms with Gasteiger partial charge in [0.15, 0.2) is 0 Å². The van der Waals surface area contributed by atoms with Crippen molar-refractivity contribution >= 4 is 27.5 Å². The summed E-state index contributed by atoms with van der Waals surface area (Å²) >= 11 is 3.29. The molecule has 0 saturated heterocycles. The van der Waals surface area contributed by atoms with E-state index in [9.17, 15) is 14.9 Å². The van der Waals surface area contributed by atoms with Crippen molar-refractivity contribution in [3.8, 4) is 0 Å². The number of nitro groups is 1. The molecule has 6 nitrogen and oxygen atoms in total. The Balaban J connectivity index is 3.00. The SMILES string of the molecule is CC(CBr)N(C)C(=O)c1cc([N+](=O)[O-])cn1C. The van der Waals surface area contributed by atoms with E-state index >= 15 is 0 Å². The van der Waals surface area contributed by atoms with Gasteiger partial charge in [-0.05, 0) is 6.92 Å². The van der Waals surface area contributed by atoms with Crippen LogP contribution in [0.25, 0.3) is 0 Å². The topological polar surface area (TPSA) is 68.4 Å². The third kappa shape index (κ3) is 2.85. The summed E-state index contributed by atoms with van der Waals surface area (Å²) < 4.78 is 1.47. The zero-order chi connectivity index (χ0) is 13.2. The van der Waals surface area contributed by atoms with Crippen LogP contribution in [0.15, 0.2) is 12.3 Å². The van der Waals surface area contributed by atoms with Crippen molar-refractivity contribution in [1.29, 1.82) is 0 Å². The van der Waals surface area contributed by atoms with Crippen molar-refractivity contribution in [3.05, 3.63) is 28.1 Å². The highest BCUT2D eigenvalue weighted by Gasteiger charge is 2.22. The Bertz CT molecular complexity index is 444. The lowest BCUT2D eigenvalue weighted by Gasteiger charge is -2.23. The second-order valence-electron chi connectivity index (χ2n) is 3.87. The smallest absolute Gasteiger partial charge is 0.287 e. The monoisotopic (exact) mass is 303 g/mol. The first-order chi connectivity index (χ1) is 7.88. The van der Waals surface area contributed by atoms with Gasteiger partial charge in [-0.1, -0.05) is 15.9 Å². The van der Waals surface area contributed by atoms with Crippen LogP contribution < -0.4 is 0 Å². The molecule has 1 rings (SSSR count). The highest BCUT2D eigenvalue weighted by Crippen LogP contribution is 2.17. The standard InChI is InChI=1S/C10H14BrN3O3/c1-7(5-11)13(3)10(15)9-4-8(14(16)17)6-12(9)2/h4,6-7H,5H2,1-3H3. The Hall–Kier alpha value is -1.37. The summed E-state index contributed by atoms with van der Waals surface area (Å²) in [6, 6.07) is 1.32. The van der Waals surface area contributed by atoms with Gasteiger partial charge in [0.25, 0.3) is 11.6 Å². The minimum atomic E-state index is -0.509. The van der Waals surface area contributed by atoms with Crippen molar-refractivity contribution in [1.82, 2.24) is 9.47 Å². The Morgan fingerprint density at radius 3 is 2.71 bits per heavy atom. The number of aromatic nitrogens is 1. The van der Waals surface area contributed by atoms with Crippen LogP contribution in [0.4, 0.5) is 5.69 Å². The van der Waals surface area contributed by atoms with Gasteiger partial charge in [0, 0.05) is 31.5 Å². The average molecular weight is 304 g/mol. The molecule has 17 heavy (non-hydrogen) atoms.